The molecule has 0 saturated carbocycles. The Bertz CT molecular complexity index is 926. The summed E-state index contributed by atoms with van der Waals surface area (Å²) in [4.78, 5) is 11.7. The fourth-order valence-electron chi connectivity index (χ4n) is 2.39. The van der Waals surface area contributed by atoms with E-state index in [4.69, 9.17) is 18.6 Å². The van der Waals surface area contributed by atoms with Gasteiger partial charge in [-0.3, -0.25) is 0 Å². The number of ether oxygens (including phenoxy) is 3. The molecule has 110 valence electrons. The van der Waals surface area contributed by atoms with Crippen molar-refractivity contribution >= 4 is 11.0 Å². The van der Waals surface area contributed by atoms with Crippen LogP contribution in [0.4, 0.5) is 0 Å². The van der Waals surface area contributed by atoms with Crippen molar-refractivity contribution in [1.82, 2.24) is 0 Å². The highest BCUT2D eigenvalue weighted by molar-refractivity contribution is 5.84. The Kier molecular flexibility index (Phi) is 2.79. The molecule has 3 aromatic rings. The Labute approximate surface area is 125 Å². The van der Waals surface area contributed by atoms with Crippen molar-refractivity contribution in [3.05, 3.63) is 58.4 Å². The van der Waals surface area contributed by atoms with Crippen molar-refractivity contribution in [3.8, 4) is 23.0 Å². The minimum Gasteiger partial charge on any atom is -0.456 e. The van der Waals surface area contributed by atoms with E-state index in [-0.39, 0.29) is 6.79 Å². The highest BCUT2D eigenvalue weighted by Crippen LogP contribution is 2.37. The third kappa shape index (κ3) is 2.16. The number of aryl methyl sites for hydroxylation is 1. The Morgan fingerprint density at radius 3 is 2.77 bits per heavy atom. The first-order chi connectivity index (χ1) is 10.7. The third-order valence-electron chi connectivity index (χ3n) is 3.43. The minimum atomic E-state index is -0.450. The van der Waals surface area contributed by atoms with Crippen LogP contribution in [0.1, 0.15) is 5.56 Å². The highest BCUT2D eigenvalue weighted by Gasteiger charge is 2.15. The van der Waals surface area contributed by atoms with Crippen LogP contribution in [-0.4, -0.2) is 6.79 Å². The van der Waals surface area contributed by atoms with Crippen LogP contribution in [-0.2, 0) is 0 Å². The topological polar surface area (TPSA) is 57.9 Å². The first-order valence-electron chi connectivity index (χ1n) is 6.81. The van der Waals surface area contributed by atoms with Crippen molar-refractivity contribution < 1.29 is 18.6 Å². The molecule has 22 heavy (non-hydrogen) atoms. The summed E-state index contributed by atoms with van der Waals surface area (Å²) in [6, 6.07) is 12.2. The Hall–Kier alpha value is -2.95. The van der Waals surface area contributed by atoms with E-state index in [1.165, 1.54) is 6.07 Å². The van der Waals surface area contributed by atoms with Crippen LogP contribution in [0.3, 0.4) is 0 Å². The molecule has 0 bridgehead atoms. The van der Waals surface area contributed by atoms with Gasteiger partial charge in [0, 0.05) is 6.07 Å². The predicted octanol–water partition coefficient (Wildman–Crippen LogP) is 3.62. The summed E-state index contributed by atoms with van der Waals surface area (Å²) in [5.41, 5.74) is 1.06. The van der Waals surface area contributed by atoms with Gasteiger partial charge in [0.05, 0.1) is 11.5 Å². The number of rotatable bonds is 2. The maximum absolute atomic E-state index is 11.7. The standard InChI is InChI=1S/C17H12O5/c1-10-2-4-12-14(6-10)22-17(18)8-15(12)21-11-3-5-13-16(7-11)20-9-19-13/h2-8H,9H2,1H3. The van der Waals surface area contributed by atoms with Gasteiger partial charge < -0.3 is 18.6 Å². The molecule has 2 aromatic carbocycles. The average molecular weight is 296 g/mol. The Balaban J connectivity index is 1.79. The molecule has 0 N–H and O–H groups in total. The molecule has 0 amide bonds. The van der Waals surface area contributed by atoms with Gasteiger partial charge in [0.2, 0.25) is 6.79 Å². The van der Waals surface area contributed by atoms with Gasteiger partial charge in [0.15, 0.2) is 11.5 Å². The third-order valence-corrected chi connectivity index (χ3v) is 3.43. The lowest BCUT2D eigenvalue weighted by Crippen LogP contribution is -1.98. The molecule has 0 aliphatic carbocycles. The number of hydrogen-bond donors (Lipinski definition) is 0. The second-order valence-corrected chi connectivity index (χ2v) is 5.05. The van der Waals surface area contributed by atoms with Crippen molar-refractivity contribution in [2.24, 2.45) is 0 Å². The fraction of sp³-hybridized carbons (Fsp3) is 0.118. The molecule has 0 radical (unpaired) electrons. The van der Waals surface area contributed by atoms with E-state index in [0.29, 0.717) is 28.6 Å². The Morgan fingerprint density at radius 1 is 1.00 bits per heavy atom. The van der Waals surface area contributed by atoms with E-state index in [1.54, 1.807) is 18.2 Å². The maximum Gasteiger partial charge on any atom is 0.339 e. The zero-order valence-corrected chi connectivity index (χ0v) is 11.8. The summed E-state index contributed by atoms with van der Waals surface area (Å²) in [6.45, 7) is 2.14. The normalized spacial score (nSPS) is 12.6. The highest BCUT2D eigenvalue weighted by atomic mass is 16.7. The van der Waals surface area contributed by atoms with Crippen LogP contribution in [0.2, 0.25) is 0 Å². The SMILES string of the molecule is Cc1ccc2c(Oc3ccc4c(c3)OCO4)cc(=O)oc2c1. The second-order valence-electron chi connectivity index (χ2n) is 5.05. The smallest absolute Gasteiger partial charge is 0.339 e. The van der Waals surface area contributed by atoms with Crippen LogP contribution in [0.15, 0.2) is 51.7 Å². The van der Waals surface area contributed by atoms with Crippen LogP contribution in [0, 0.1) is 6.92 Å². The van der Waals surface area contributed by atoms with Gasteiger partial charge in [-0.2, -0.15) is 0 Å². The van der Waals surface area contributed by atoms with E-state index in [2.05, 4.69) is 0 Å². The molecule has 0 saturated heterocycles. The number of hydrogen-bond acceptors (Lipinski definition) is 5. The van der Waals surface area contributed by atoms with Gasteiger partial charge >= 0.3 is 5.63 Å². The van der Waals surface area contributed by atoms with E-state index < -0.39 is 5.63 Å². The molecule has 5 heteroatoms. The first kappa shape index (κ1) is 12.8. The van der Waals surface area contributed by atoms with Crippen molar-refractivity contribution in [2.45, 2.75) is 6.92 Å². The lowest BCUT2D eigenvalue weighted by molar-refractivity contribution is 0.174. The molecule has 0 fully saturated rings. The van der Waals surface area contributed by atoms with Crippen LogP contribution in [0.5, 0.6) is 23.0 Å². The van der Waals surface area contributed by atoms with Crippen molar-refractivity contribution in [3.63, 3.8) is 0 Å². The summed E-state index contributed by atoms with van der Waals surface area (Å²) >= 11 is 0. The van der Waals surface area contributed by atoms with E-state index in [1.807, 2.05) is 25.1 Å². The zero-order valence-electron chi connectivity index (χ0n) is 11.8. The fourth-order valence-corrected chi connectivity index (χ4v) is 2.39. The molecular weight excluding hydrogens is 284 g/mol. The van der Waals surface area contributed by atoms with E-state index in [9.17, 15) is 4.79 Å². The molecule has 2 heterocycles. The zero-order chi connectivity index (χ0) is 15.1. The number of fused-ring (bicyclic) bond motifs is 2. The van der Waals surface area contributed by atoms with Crippen LogP contribution >= 0.6 is 0 Å². The number of benzene rings is 2. The summed E-state index contributed by atoms with van der Waals surface area (Å²) in [6.07, 6.45) is 0. The molecule has 0 unspecified atom stereocenters. The summed E-state index contributed by atoms with van der Waals surface area (Å²) < 4.78 is 21.6. The summed E-state index contributed by atoms with van der Waals surface area (Å²) in [5.74, 6) is 2.32. The molecular formula is C17H12O5. The molecule has 1 aromatic heterocycles. The van der Waals surface area contributed by atoms with Gasteiger partial charge in [-0.05, 0) is 36.8 Å². The Morgan fingerprint density at radius 2 is 1.86 bits per heavy atom. The first-order valence-corrected chi connectivity index (χ1v) is 6.81. The minimum absolute atomic E-state index is 0.204. The lowest BCUT2D eigenvalue weighted by atomic mass is 10.1. The van der Waals surface area contributed by atoms with E-state index in [0.717, 1.165) is 10.9 Å². The molecule has 0 spiro atoms. The monoisotopic (exact) mass is 296 g/mol. The molecule has 1 aliphatic rings. The predicted molar refractivity (Wildman–Crippen MR) is 79.9 cm³/mol. The van der Waals surface area contributed by atoms with E-state index >= 15 is 0 Å². The molecule has 4 rings (SSSR count). The molecule has 1 aliphatic heterocycles. The van der Waals surface area contributed by atoms with Gasteiger partial charge in [0.25, 0.3) is 0 Å². The van der Waals surface area contributed by atoms with Crippen LogP contribution in [0.25, 0.3) is 11.0 Å². The van der Waals surface area contributed by atoms with Crippen molar-refractivity contribution in [1.29, 1.82) is 0 Å². The van der Waals surface area contributed by atoms with Gasteiger partial charge in [-0.1, -0.05) is 6.07 Å². The summed E-state index contributed by atoms with van der Waals surface area (Å²) in [5, 5.41) is 0.739. The summed E-state index contributed by atoms with van der Waals surface area (Å²) in [7, 11) is 0. The molecule has 0 atom stereocenters. The largest absolute Gasteiger partial charge is 0.456 e. The quantitative estimate of drug-likeness (QED) is 0.676. The maximum atomic E-state index is 11.7. The van der Waals surface area contributed by atoms with Gasteiger partial charge in [0.1, 0.15) is 17.1 Å². The second kappa shape index (κ2) is 4.80. The van der Waals surface area contributed by atoms with Crippen molar-refractivity contribution in [2.75, 3.05) is 6.79 Å². The molecule has 5 nitrogen and oxygen atoms in total. The average Bonchev–Trinajstić information content (AvgIpc) is 2.94. The lowest BCUT2D eigenvalue weighted by Gasteiger charge is -2.09. The van der Waals surface area contributed by atoms with Crippen LogP contribution < -0.4 is 19.8 Å². The van der Waals surface area contributed by atoms with Gasteiger partial charge in [-0.15, -0.1) is 0 Å². The van der Waals surface area contributed by atoms with Gasteiger partial charge in [-0.25, -0.2) is 4.79 Å².